The Hall–Kier alpha value is -2.55. The molecule has 0 aromatic carbocycles. The van der Waals surface area contributed by atoms with Crippen molar-refractivity contribution in [2.24, 2.45) is 14.1 Å². The van der Waals surface area contributed by atoms with Gasteiger partial charge in [0.1, 0.15) is 6.10 Å². The number of carbonyl (C=O) groups is 1. The molecule has 0 saturated carbocycles. The minimum Gasteiger partial charge on any atom is -0.482 e. The highest BCUT2D eigenvalue weighted by Gasteiger charge is 2.32. The van der Waals surface area contributed by atoms with Gasteiger partial charge in [-0.1, -0.05) is 0 Å². The van der Waals surface area contributed by atoms with Crippen molar-refractivity contribution < 1.29 is 19.0 Å². The molecule has 0 bridgehead atoms. The number of nitrogens with one attached hydrogen (secondary N) is 1. The molecule has 1 aliphatic heterocycles. The van der Waals surface area contributed by atoms with E-state index in [1.807, 2.05) is 7.05 Å². The third kappa shape index (κ3) is 3.29. The van der Waals surface area contributed by atoms with Crippen LogP contribution in [0.5, 0.6) is 11.6 Å². The second-order valence-electron chi connectivity index (χ2n) is 5.32. The number of amides is 1. The van der Waals surface area contributed by atoms with E-state index < -0.39 is 0 Å². The first-order chi connectivity index (χ1) is 11.1. The van der Waals surface area contributed by atoms with Gasteiger partial charge in [-0.3, -0.25) is 9.48 Å². The number of ether oxygens (including phenoxy) is 3. The quantitative estimate of drug-likeness (QED) is 0.815. The van der Waals surface area contributed by atoms with Crippen LogP contribution in [0.2, 0.25) is 0 Å². The molecule has 9 heteroatoms. The lowest BCUT2D eigenvalue weighted by atomic mass is 10.2. The number of hydrogen-bond acceptors (Lipinski definition) is 6. The van der Waals surface area contributed by atoms with Crippen LogP contribution < -0.4 is 14.8 Å². The smallest absolute Gasteiger partial charge is 0.272 e. The van der Waals surface area contributed by atoms with Crippen molar-refractivity contribution >= 4 is 5.91 Å². The van der Waals surface area contributed by atoms with Gasteiger partial charge in [0.25, 0.3) is 5.91 Å². The summed E-state index contributed by atoms with van der Waals surface area (Å²) in [6.07, 6.45) is 3.12. The maximum Gasteiger partial charge on any atom is 0.272 e. The third-order valence-electron chi connectivity index (χ3n) is 3.59. The number of aromatic nitrogens is 4. The molecule has 1 fully saturated rings. The minimum atomic E-state index is -0.292. The van der Waals surface area contributed by atoms with Crippen molar-refractivity contribution in [1.82, 2.24) is 24.9 Å². The van der Waals surface area contributed by atoms with Crippen molar-refractivity contribution in [1.29, 1.82) is 0 Å². The molecule has 9 nitrogen and oxygen atoms in total. The van der Waals surface area contributed by atoms with Gasteiger partial charge in [0.15, 0.2) is 11.4 Å². The van der Waals surface area contributed by atoms with Crippen molar-refractivity contribution in [3.63, 3.8) is 0 Å². The molecule has 1 saturated heterocycles. The van der Waals surface area contributed by atoms with Gasteiger partial charge in [-0.2, -0.15) is 10.2 Å². The van der Waals surface area contributed by atoms with Gasteiger partial charge >= 0.3 is 0 Å². The molecular formula is C14H19N5O4. The molecular weight excluding hydrogens is 302 g/mol. The SMILES string of the molecule is COc1cc(C(=O)N[C@H]2COC[C@H]2Oc2cnn(C)c2)nn1C. The van der Waals surface area contributed by atoms with E-state index in [0.717, 1.165) is 0 Å². The molecule has 0 spiro atoms. The zero-order chi connectivity index (χ0) is 16.4. The number of methoxy groups -OCH3 is 1. The Morgan fingerprint density at radius 2 is 2.26 bits per heavy atom. The van der Waals surface area contributed by atoms with E-state index in [2.05, 4.69) is 15.5 Å². The molecule has 2 atom stereocenters. The van der Waals surface area contributed by atoms with Crippen LogP contribution in [0.25, 0.3) is 0 Å². The molecule has 1 aliphatic rings. The average Bonchev–Trinajstić information content (AvgIpc) is 3.21. The van der Waals surface area contributed by atoms with E-state index in [4.69, 9.17) is 14.2 Å². The highest BCUT2D eigenvalue weighted by atomic mass is 16.5. The lowest BCUT2D eigenvalue weighted by molar-refractivity contribution is 0.0898. The number of rotatable bonds is 5. The van der Waals surface area contributed by atoms with Gasteiger partial charge in [-0.25, -0.2) is 4.68 Å². The molecule has 0 aliphatic carbocycles. The third-order valence-corrected chi connectivity index (χ3v) is 3.59. The standard InChI is InChI=1S/C14H19N5O4/c1-18-6-9(5-15-18)23-12-8-22-7-11(12)16-14(20)10-4-13(21-3)19(2)17-10/h4-6,11-12H,7-8H2,1-3H3,(H,16,20)/t11-,12+/m0/s1. The van der Waals surface area contributed by atoms with Crippen LogP contribution in [-0.2, 0) is 18.8 Å². The topological polar surface area (TPSA) is 92.4 Å². The summed E-state index contributed by atoms with van der Waals surface area (Å²) in [7, 11) is 5.05. The van der Waals surface area contributed by atoms with E-state index in [0.29, 0.717) is 24.8 Å². The molecule has 1 N–H and O–H groups in total. The van der Waals surface area contributed by atoms with E-state index in [1.54, 1.807) is 30.2 Å². The summed E-state index contributed by atoms with van der Waals surface area (Å²) in [6, 6.07) is 1.33. The summed E-state index contributed by atoms with van der Waals surface area (Å²) in [5, 5.41) is 11.1. The van der Waals surface area contributed by atoms with E-state index in [9.17, 15) is 4.79 Å². The minimum absolute atomic E-state index is 0.254. The predicted octanol–water partition coefficient (Wildman–Crippen LogP) is -0.262. The maximum absolute atomic E-state index is 12.3. The fourth-order valence-corrected chi connectivity index (χ4v) is 2.41. The molecule has 2 aromatic heterocycles. The highest BCUT2D eigenvalue weighted by molar-refractivity contribution is 5.92. The lowest BCUT2D eigenvalue weighted by Crippen LogP contribution is -2.45. The van der Waals surface area contributed by atoms with Gasteiger partial charge < -0.3 is 19.5 Å². The van der Waals surface area contributed by atoms with Gasteiger partial charge in [0.05, 0.1) is 38.8 Å². The van der Waals surface area contributed by atoms with Crippen LogP contribution >= 0.6 is 0 Å². The first-order valence-corrected chi connectivity index (χ1v) is 7.18. The molecule has 23 heavy (non-hydrogen) atoms. The second kappa shape index (κ2) is 6.29. The first-order valence-electron chi connectivity index (χ1n) is 7.18. The molecule has 124 valence electrons. The van der Waals surface area contributed by atoms with Gasteiger partial charge in [0.2, 0.25) is 5.88 Å². The largest absolute Gasteiger partial charge is 0.482 e. The summed E-state index contributed by atoms with van der Waals surface area (Å²) < 4.78 is 19.5. The second-order valence-corrected chi connectivity index (χ2v) is 5.32. The maximum atomic E-state index is 12.3. The Kier molecular flexibility index (Phi) is 4.20. The fourth-order valence-electron chi connectivity index (χ4n) is 2.41. The summed E-state index contributed by atoms with van der Waals surface area (Å²) in [4.78, 5) is 12.3. The van der Waals surface area contributed by atoms with E-state index in [1.165, 1.54) is 11.8 Å². The zero-order valence-electron chi connectivity index (χ0n) is 13.2. The van der Waals surface area contributed by atoms with Gasteiger partial charge in [-0.05, 0) is 0 Å². The van der Waals surface area contributed by atoms with Crippen LogP contribution in [0.15, 0.2) is 18.5 Å². The molecule has 0 radical (unpaired) electrons. The molecule has 1 amide bonds. The van der Waals surface area contributed by atoms with Crippen LogP contribution in [0.1, 0.15) is 10.5 Å². The number of hydrogen-bond donors (Lipinski definition) is 1. The number of nitrogens with zero attached hydrogens (tertiary/aromatic N) is 4. The van der Waals surface area contributed by atoms with E-state index >= 15 is 0 Å². The van der Waals surface area contributed by atoms with Gasteiger partial charge in [0, 0.05) is 20.2 Å². The zero-order valence-corrected chi connectivity index (χ0v) is 13.2. The normalized spacial score (nSPS) is 20.5. The van der Waals surface area contributed by atoms with Crippen LogP contribution in [0.3, 0.4) is 0 Å². The fraction of sp³-hybridized carbons (Fsp3) is 0.500. The first kappa shape index (κ1) is 15.3. The van der Waals surface area contributed by atoms with Crippen molar-refractivity contribution in [3.05, 3.63) is 24.2 Å². The Morgan fingerprint density at radius 3 is 2.91 bits per heavy atom. The Bertz CT molecular complexity index is 695. The Balaban J connectivity index is 1.64. The summed E-state index contributed by atoms with van der Waals surface area (Å²) in [5.74, 6) is 0.863. The highest BCUT2D eigenvalue weighted by Crippen LogP contribution is 2.17. The Morgan fingerprint density at radius 1 is 1.43 bits per heavy atom. The molecule has 2 aromatic rings. The van der Waals surface area contributed by atoms with E-state index in [-0.39, 0.29) is 23.7 Å². The predicted molar refractivity (Wildman–Crippen MR) is 79.5 cm³/mol. The number of aryl methyl sites for hydroxylation is 2. The lowest BCUT2D eigenvalue weighted by Gasteiger charge is -2.19. The summed E-state index contributed by atoms with van der Waals surface area (Å²) >= 11 is 0. The van der Waals surface area contributed by atoms with Gasteiger partial charge in [-0.15, -0.1) is 0 Å². The molecule has 3 heterocycles. The molecule has 3 rings (SSSR count). The van der Waals surface area contributed by atoms with Crippen molar-refractivity contribution in [2.45, 2.75) is 12.1 Å². The Labute approximate surface area is 133 Å². The van der Waals surface area contributed by atoms with Crippen LogP contribution in [0.4, 0.5) is 0 Å². The monoisotopic (exact) mass is 321 g/mol. The van der Waals surface area contributed by atoms with Crippen molar-refractivity contribution in [2.75, 3.05) is 20.3 Å². The molecule has 0 unspecified atom stereocenters. The average molecular weight is 321 g/mol. The number of carbonyl (C=O) groups excluding carboxylic acids is 1. The van der Waals surface area contributed by atoms with Crippen LogP contribution in [-0.4, -0.2) is 57.9 Å². The van der Waals surface area contributed by atoms with Crippen molar-refractivity contribution in [3.8, 4) is 11.6 Å². The summed E-state index contributed by atoms with van der Waals surface area (Å²) in [6.45, 7) is 0.798. The van der Waals surface area contributed by atoms with Crippen LogP contribution in [0, 0.1) is 0 Å². The summed E-state index contributed by atoms with van der Waals surface area (Å²) in [5.41, 5.74) is 0.288.